The zero-order chi connectivity index (χ0) is 11.6. The summed E-state index contributed by atoms with van der Waals surface area (Å²) in [4.78, 5) is 0. The van der Waals surface area contributed by atoms with Gasteiger partial charge in [0.25, 0.3) is 0 Å². The van der Waals surface area contributed by atoms with Gasteiger partial charge in [-0.2, -0.15) is 5.10 Å². The number of para-hydroxylation sites is 2. The van der Waals surface area contributed by atoms with Crippen molar-refractivity contribution < 1.29 is 17.9 Å². The molecule has 1 aromatic heterocycles. The third kappa shape index (κ3) is 2.33. The summed E-state index contributed by atoms with van der Waals surface area (Å²) in [5.74, 6) is -0.279. The summed E-state index contributed by atoms with van der Waals surface area (Å²) in [7, 11) is 0. The number of benzene rings is 1. The van der Waals surface area contributed by atoms with Crippen LogP contribution in [0.1, 0.15) is 0 Å². The summed E-state index contributed by atoms with van der Waals surface area (Å²) in [6.45, 7) is 0. The number of halogens is 3. The monoisotopic (exact) mass is 228 g/mol. The van der Waals surface area contributed by atoms with E-state index < -0.39 is 6.36 Å². The minimum absolute atomic E-state index is 0.241. The van der Waals surface area contributed by atoms with Crippen molar-refractivity contribution in [1.82, 2.24) is 9.78 Å². The van der Waals surface area contributed by atoms with Crippen LogP contribution in [-0.4, -0.2) is 16.1 Å². The molecule has 84 valence electrons. The fourth-order valence-electron chi connectivity index (χ4n) is 1.27. The zero-order valence-electron chi connectivity index (χ0n) is 7.98. The van der Waals surface area contributed by atoms with Gasteiger partial charge in [-0.1, -0.05) is 12.1 Å². The maximum absolute atomic E-state index is 12.1. The molecular formula is C10H7F3N2O. The molecule has 0 N–H and O–H groups in total. The van der Waals surface area contributed by atoms with Crippen LogP contribution in [0.2, 0.25) is 0 Å². The molecule has 0 aliphatic carbocycles. The van der Waals surface area contributed by atoms with E-state index in [0.717, 1.165) is 0 Å². The largest absolute Gasteiger partial charge is 0.573 e. The highest BCUT2D eigenvalue weighted by molar-refractivity contribution is 5.45. The van der Waals surface area contributed by atoms with Crippen LogP contribution in [0.4, 0.5) is 13.2 Å². The molecule has 0 spiro atoms. The van der Waals surface area contributed by atoms with Crippen LogP contribution in [0.5, 0.6) is 5.75 Å². The Bertz CT molecular complexity index is 465. The van der Waals surface area contributed by atoms with E-state index in [1.165, 1.54) is 29.1 Å². The first kappa shape index (κ1) is 10.5. The van der Waals surface area contributed by atoms with E-state index in [1.54, 1.807) is 18.3 Å². The van der Waals surface area contributed by atoms with Gasteiger partial charge < -0.3 is 4.74 Å². The minimum Gasteiger partial charge on any atom is -0.403 e. The van der Waals surface area contributed by atoms with Crippen molar-refractivity contribution in [3.8, 4) is 11.4 Å². The molecule has 3 nitrogen and oxygen atoms in total. The van der Waals surface area contributed by atoms with Crippen LogP contribution >= 0.6 is 0 Å². The average molecular weight is 228 g/mol. The predicted octanol–water partition coefficient (Wildman–Crippen LogP) is 2.77. The molecule has 0 saturated carbocycles. The maximum atomic E-state index is 12.1. The second-order valence-corrected chi connectivity index (χ2v) is 2.97. The van der Waals surface area contributed by atoms with Crippen LogP contribution in [0.15, 0.2) is 42.7 Å². The maximum Gasteiger partial charge on any atom is 0.573 e. The lowest BCUT2D eigenvalue weighted by atomic mass is 10.3. The first-order valence-corrected chi connectivity index (χ1v) is 4.41. The molecule has 0 fully saturated rings. The Hall–Kier alpha value is -1.98. The highest BCUT2D eigenvalue weighted by atomic mass is 19.4. The van der Waals surface area contributed by atoms with E-state index in [-0.39, 0.29) is 11.4 Å². The summed E-state index contributed by atoms with van der Waals surface area (Å²) in [6.07, 6.45) is -1.69. The SMILES string of the molecule is FC(F)(F)Oc1ccccc1-n1cccn1. The lowest BCUT2D eigenvalue weighted by molar-refractivity contribution is -0.274. The van der Waals surface area contributed by atoms with Crippen molar-refractivity contribution in [2.75, 3.05) is 0 Å². The lowest BCUT2D eigenvalue weighted by Crippen LogP contribution is -2.18. The van der Waals surface area contributed by atoms with E-state index in [1.807, 2.05) is 0 Å². The van der Waals surface area contributed by atoms with E-state index in [0.29, 0.717) is 0 Å². The molecular weight excluding hydrogens is 221 g/mol. The van der Waals surface area contributed by atoms with Crippen molar-refractivity contribution in [3.05, 3.63) is 42.7 Å². The van der Waals surface area contributed by atoms with E-state index >= 15 is 0 Å². The summed E-state index contributed by atoms with van der Waals surface area (Å²) < 4.78 is 41.5. The second-order valence-electron chi connectivity index (χ2n) is 2.97. The molecule has 6 heteroatoms. The van der Waals surface area contributed by atoms with Gasteiger partial charge in [0.1, 0.15) is 5.69 Å². The van der Waals surface area contributed by atoms with Gasteiger partial charge in [0.2, 0.25) is 0 Å². The zero-order valence-corrected chi connectivity index (χ0v) is 7.98. The molecule has 0 aliphatic heterocycles. The Morgan fingerprint density at radius 1 is 1.12 bits per heavy atom. The van der Waals surface area contributed by atoms with Gasteiger partial charge in [0.05, 0.1) is 0 Å². The first-order valence-electron chi connectivity index (χ1n) is 4.41. The second kappa shape index (κ2) is 3.88. The van der Waals surface area contributed by atoms with Gasteiger partial charge in [-0.05, 0) is 18.2 Å². The van der Waals surface area contributed by atoms with Crippen LogP contribution in [0.3, 0.4) is 0 Å². The molecule has 1 heterocycles. The Labute approximate surface area is 89.1 Å². The highest BCUT2D eigenvalue weighted by Crippen LogP contribution is 2.28. The van der Waals surface area contributed by atoms with Crippen molar-refractivity contribution >= 4 is 0 Å². The van der Waals surface area contributed by atoms with Gasteiger partial charge in [-0.15, -0.1) is 13.2 Å². The summed E-state index contributed by atoms with van der Waals surface area (Å²) in [6, 6.07) is 7.43. The Kier molecular flexibility index (Phi) is 2.55. The van der Waals surface area contributed by atoms with Crippen molar-refractivity contribution in [1.29, 1.82) is 0 Å². The lowest BCUT2D eigenvalue weighted by Gasteiger charge is -2.12. The molecule has 0 radical (unpaired) electrons. The van der Waals surface area contributed by atoms with Crippen LogP contribution in [0, 0.1) is 0 Å². The Morgan fingerprint density at radius 2 is 1.88 bits per heavy atom. The van der Waals surface area contributed by atoms with Crippen molar-refractivity contribution in [3.63, 3.8) is 0 Å². The number of hydrogen-bond acceptors (Lipinski definition) is 2. The number of hydrogen-bond donors (Lipinski definition) is 0. The summed E-state index contributed by atoms with van der Waals surface area (Å²) >= 11 is 0. The van der Waals surface area contributed by atoms with Crippen LogP contribution in [-0.2, 0) is 0 Å². The number of aromatic nitrogens is 2. The highest BCUT2D eigenvalue weighted by Gasteiger charge is 2.32. The Morgan fingerprint density at radius 3 is 2.50 bits per heavy atom. The van der Waals surface area contributed by atoms with E-state index in [4.69, 9.17) is 0 Å². The fraction of sp³-hybridized carbons (Fsp3) is 0.100. The van der Waals surface area contributed by atoms with E-state index in [2.05, 4.69) is 9.84 Å². The quantitative estimate of drug-likeness (QED) is 0.790. The first-order chi connectivity index (χ1) is 7.56. The molecule has 0 atom stereocenters. The molecule has 0 aliphatic rings. The van der Waals surface area contributed by atoms with Gasteiger partial charge in [0, 0.05) is 12.4 Å². The molecule has 16 heavy (non-hydrogen) atoms. The average Bonchev–Trinajstić information content (AvgIpc) is 2.69. The minimum atomic E-state index is -4.71. The molecule has 2 rings (SSSR count). The third-order valence-electron chi connectivity index (χ3n) is 1.84. The number of alkyl halides is 3. The molecule has 0 saturated heterocycles. The number of rotatable bonds is 2. The standard InChI is InChI=1S/C10H7F3N2O/c11-10(12,13)16-9-5-2-1-4-8(9)15-7-3-6-14-15/h1-7H. The van der Waals surface area contributed by atoms with Crippen molar-refractivity contribution in [2.45, 2.75) is 6.36 Å². The van der Waals surface area contributed by atoms with Gasteiger partial charge in [-0.25, -0.2) is 4.68 Å². The topological polar surface area (TPSA) is 27.1 Å². The van der Waals surface area contributed by atoms with Crippen molar-refractivity contribution in [2.24, 2.45) is 0 Å². The van der Waals surface area contributed by atoms with Gasteiger partial charge >= 0.3 is 6.36 Å². The molecule has 0 bridgehead atoms. The normalized spacial score (nSPS) is 11.4. The molecule has 0 amide bonds. The van der Waals surface area contributed by atoms with Gasteiger partial charge in [0.15, 0.2) is 5.75 Å². The van der Waals surface area contributed by atoms with Crippen LogP contribution in [0.25, 0.3) is 5.69 Å². The third-order valence-corrected chi connectivity index (χ3v) is 1.84. The number of nitrogens with zero attached hydrogens (tertiary/aromatic N) is 2. The molecule has 2 aromatic rings. The Balaban J connectivity index is 2.39. The molecule has 1 aromatic carbocycles. The fourth-order valence-corrected chi connectivity index (χ4v) is 1.27. The number of ether oxygens (including phenoxy) is 1. The summed E-state index contributed by atoms with van der Waals surface area (Å²) in [5, 5.41) is 3.85. The summed E-state index contributed by atoms with van der Waals surface area (Å²) in [5.41, 5.74) is 0.241. The smallest absolute Gasteiger partial charge is 0.403 e. The van der Waals surface area contributed by atoms with Gasteiger partial charge in [-0.3, -0.25) is 0 Å². The predicted molar refractivity (Wildman–Crippen MR) is 50.2 cm³/mol. The molecule has 0 unspecified atom stereocenters. The van der Waals surface area contributed by atoms with E-state index in [9.17, 15) is 13.2 Å². The van der Waals surface area contributed by atoms with Crippen LogP contribution < -0.4 is 4.74 Å².